The van der Waals surface area contributed by atoms with Crippen LogP contribution in [0, 0.1) is 0 Å². The summed E-state index contributed by atoms with van der Waals surface area (Å²) in [6, 6.07) is -1.65. The van der Waals surface area contributed by atoms with Crippen LogP contribution in [0.15, 0.2) is 0 Å². The summed E-state index contributed by atoms with van der Waals surface area (Å²) in [6.45, 7) is 2.09. The Bertz CT molecular complexity index is 280. The number of rotatable bonds is 3. The van der Waals surface area contributed by atoms with Gasteiger partial charge in [0.25, 0.3) is 10.1 Å². The summed E-state index contributed by atoms with van der Waals surface area (Å²) in [7, 11) is -4.45. The van der Waals surface area contributed by atoms with E-state index in [0.29, 0.717) is 0 Å². The highest BCUT2D eigenvalue weighted by Gasteiger charge is 2.43. The molecule has 0 aromatic carbocycles. The van der Waals surface area contributed by atoms with Crippen molar-refractivity contribution in [1.29, 1.82) is 0 Å². The molecule has 0 fully saturated rings. The van der Waals surface area contributed by atoms with Crippen LogP contribution in [0.2, 0.25) is 0 Å². The van der Waals surface area contributed by atoms with Crippen LogP contribution in [-0.2, 0) is 14.9 Å². The van der Waals surface area contributed by atoms with Crippen LogP contribution >= 0.6 is 0 Å². The number of carbonyl (C=O) groups is 1. The zero-order valence-corrected chi connectivity index (χ0v) is 7.50. The third kappa shape index (κ3) is 1.93. The van der Waals surface area contributed by atoms with E-state index in [2.05, 4.69) is 0 Å². The van der Waals surface area contributed by atoms with Crippen LogP contribution in [0.5, 0.6) is 0 Å². The van der Waals surface area contributed by atoms with Gasteiger partial charge in [0.2, 0.25) is 0 Å². The van der Waals surface area contributed by atoms with Gasteiger partial charge in [0.1, 0.15) is 10.8 Å². The van der Waals surface area contributed by atoms with Crippen molar-refractivity contribution in [1.82, 2.24) is 0 Å². The van der Waals surface area contributed by atoms with Crippen LogP contribution in [0.1, 0.15) is 13.8 Å². The van der Waals surface area contributed by atoms with Gasteiger partial charge in [-0.2, -0.15) is 8.42 Å². The molecular weight excluding hydrogens is 186 g/mol. The van der Waals surface area contributed by atoms with E-state index in [1.54, 1.807) is 0 Å². The van der Waals surface area contributed by atoms with Crippen LogP contribution in [0.25, 0.3) is 0 Å². The molecule has 0 aromatic rings. The topological polar surface area (TPSA) is 118 Å². The lowest BCUT2D eigenvalue weighted by Crippen LogP contribution is -2.53. The van der Waals surface area contributed by atoms with E-state index in [0.717, 1.165) is 13.8 Å². The molecule has 0 rings (SSSR count). The molecule has 0 aliphatic rings. The summed E-state index contributed by atoms with van der Waals surface area (Å²) in [5, 5.41) is 8.38. The van der Waals surface area contributed by atoms with E-state index in [1.807, 2.05) is 0 Å². The van der Waals surface area contributed by atoms with Crippen LogP contribution in [0.4, 0.5) is 0 Å². The highest BCUT2D eigenvalue weighted by molar-refractivity contribution is 7.87. The number of hydrogen-bond donors (Lipinski definition) is 3. The highest BCUT2D eigenvalue weighted by atomic mass is 32.2. The minimum absolute atomic E-state index is 1.04. The second kappa shape index (κ2) is 3.00. The zero-order valence-electron chi connectivity index (χ0n) is 6.68. The summed E-state index contributed by atoms with van der Waals surface area (Å²) < 4.78 is 27.9. The molecule has 0 bridgehead atoms. The number of hydrogen-bond acceptors (Lipinski definition) is 4. The van der Waals surface area contributed by atoms with Crippen LogP contribution in [-0.4, -0.2) is 34.8 Å². The van der Waals surface area contributed by atoms with Gasteiger partial charge in [0, 0.05) is 0 Å². The highest BCUT2D eigenvalue weighted by Crippen LogP contribution is 2.18. The molecule has 0 radical (unpaired) electrons. The zero-order chi connectivity index (χ0) is 10.2. The molecule has 0 saturated heterocycles. The molecule has 0 aliphatic carbocycles. The number of carboxylic acids is 1. The third-order valence-corrected chi connectivity index (χ3v) is 3.26. The van der Waals surface area contributed by atoms with Gasteiger partial charge in [-0.25, -0.2) is 0 Å². The lowest BCUT2D eigenvalue weighted by molar-refractivity contribution is -0.139. The van der Waals surface area contributed by atoms with E-state index in [4.69, 9.17) is 15.4 Å². The fraction of sp³-hybridized carbons (Fsp3) is 0.800. The lowest BCUT2D eigenvalue weighted by atomic mass is 10.1. The number of nitrogens with two attached hydrogens (primary N) is 1. The maximum absolute atomic E-state index is 10.6. The third-order valence-electron chi connectivity index (χ3n) is 1.68. The van der Waals surface area contributed by atoms with Crippen LogP contribution in [0.3, 0.4) is 0 Å². The lowest BCUT2D eigenvalue weighted by Gasteiger charge is -2.24. The van der Waals surface area contributed by atoms with Gasteiger partial charge >= 0.3 is 5.97 Å². The van der Waals surface area contributed by atoms with Gasteiger partial charge in [-0.05, 0) is 13.8 Å². The predicted molar refractivity (Wildman–Crippen MR) is 41.2 cm³/mol. The van der Waals surface area contributed by atoms with Crippen molar-refractivity contribution in [2.45, 2.75) is 24.6 Å². The minimum Gasteiger partial charge on any atom is -0.480 e. The van der Waals surface area contributed by atoms with Gasteiger partial charge in [-0.3, -0.25) is 9.35 Å². The Labute approximate surface area is 70.1 Å². The van der Waals surface area contributed by atoms with Gasteiger partial charge in [0.15, 0.2) is 0 Å². The second-order valence-corrected chi connectivity index (χ2v) is 4.90. The largest absolute Gasteiger partial charge is 0.480 e. The van der Waals surface area contributed by atoms with Crippen LogP contribution < -0.4 is 5.73 Å². The molecule has 12 heavy (non-hydrogen) atoms. The molecule has 0 aliphatic heterocycles. The average molecular weight is 197 g/mol. The quantitative estimate of drug-likeness (QED) is 0.503. The number of aliphatic carboxylic acids is 1. The first-order valence-electron chi connectivity index (χ1n) is 3.06. The van der Waals surface area contributed by atoms with Crippen molar-refractivity contribution in [2.75, 3.05) is 0 Å². The van der Waals surface area contributed by atoms with Gasteiger partial charge in [0.05, 0.1) is 0 Å². The average Bonchev–Trinajstić information content (AvgIpc) is 1.83. The fourth-order valence-electron chi connectivity index (χ4n) is 0.458. The molecule has 0 heterocycles. The summed E-state index contributed by atoms with van der Waals surface area (Å²) in [6.07, 6.45) is 0. The van der Waals surface area contributed by atoms with Crippen molar-refractivity contribution < 1.29 is 22.9 Å². The molecule has 0 aromatic heterocycles. The Kier molecular flexibility index (Phi) is 2.83. The Morgan fingerprint density at radius 1 is 1.50 bits per heavy atom. The van der Waals surface area contributed by atoms with Gasteiger partial charge < -0.3 is 10.8 Å². The summed E-state index contributed by atoms with van der Waals surface area (Å²) in [5.74, 6) is -1.47. The first-order chi connectivity index (χ1) is 5.10. The van der Waals surface area contributed by atoms with Gasteiger partial charge in [-0.1, -0.05) is 0 Å². The Hall–Kier alpha value is -0.660. The standard InChI is InChI=1S/C5H11NO5S/c1-5(2,12(9,10)11)3(6)4(7)8/h3H,6H2,1-2H3,(H,7,8)(H,9,10,11). The molecule has 0 spiro atoms. The minimum atomic E-state index is -4.45. The first kappa shape index (κ1) is 11.3. The van der Waals surface area contributed by atoms with Gasteiger partial charge in [-0.15, -0.1) is 0 Å². The van der Waals surface area contributed by atoms with E-state index in [1.165, 1.54) is 0 Å². The Morgan fingerprint density at radius 3 is 1.92 bits per heavy atom. The second-order valence-electron chi connectivity index (χ2n) is 2.89. The Morgan fingerprint density at radius 2 is 1.83 bits per heavy atom. The van der Waals surface area contributed by atoms with E-state index < -0.39 is 26.9 Å². The summed E-state index contributed by atoms with van der Waals surface area (Å²) in [4.78, 5) is 10.3. The SMILES string of the molecule is CC(C)(C(N)C(=O)O)S(=O)(=O)O. The summed E-state index contributed by atoms with van der Waals surface area (Å²) >= 11 is 0. The summed E-state index contributed by atoms with van der Waals surface area (Å²) in [5.41, 5.74) is 5.04. The molecule has 6 nitrogen and oxygen atoms in total. The maximum Gasteiger partial charge on any atom is 0.322 e. The smallest absolute Gasteiger partial charge is 0.322 e. The van der Waals surface area contributed by atoms with Crippen molar-refractivity contribution in [3.8, 4) is 0 Å². The van der Waals surface area contributed by atoms with E-state index in [-0.39, 0.29) is 0 Å². The molecule has 1 unspecified atom stereocenters. The first-order valence-corrected chi connectivity index (χ1v) is 4.50. The predicted octanol–water partition coefficient (Wildman–Crippen LogP) is -0.935. The molecule has 72 valence electrons. The monoisotopic (exact) mass is 197 g/mol. The van der Waals surface area contributed by atoms with E-state index >= 15 is 0 Å². The van der Waals surface area contributed by atoms with Crippen molar-refractivity contribution >= 4 is 16.1 Å². The molecule has 1 atom stereocenters. The molecular formula is C5H11NO5S. The normalized spacial score (nSPS) is 15.7. The molecule has 7 heteroatoms. The van der Waals surface area contributed by atoms with Crippen molar-refractivity contribution in [3.05, 3.63) is 0 Å². The molecule has 4 N–H and O–H groups in total. The fourth-order valence-corrected chi connectivity index (χ4v) is 0.880. The molecule has 0 saturated carbocycles. The van der Waals surface area contributed by atoms with Crippen molar-refractivity contribution in [2.24, 2.45) is 5.73 Å². The van der Waals surface area contributed by atoms with Crippen molar-refractivity contribution in [3.63, 3.8) is 0 Å². The maximum atomic E-state index is 10.6. The number of carboxylic acid groups (broad SMARTS) is 1. The van der Waals surface area contributed by atoms with E-state index in [9.17, 15) is 13.2 Å². The Balaban J connectivity index is 5.00. The molecule has 0 amide bonds.